The Morgan fingerprint density at radius 3 is 2.77 bits per heavy atom. The van der Waals surface area contributed by atoms with E-state index in [9.17, 15) is 14.4 Å². The molecule has 2 aliphatic rings. The molecule has 0 aromatic heterocycles. The molecule has 0 unspecified atom stereocenters. The summed E-state index contributed by atoms with van der Waals surface area (Å²) in [6.45, 7) is 3.61. The van der Waals surface area contributed by atoms with Gasteiger partial charge in [-0.2, -0.15) is 0 Å². The molecule has 1 saturated heterocycles. The number of thioether (sulfide) groups is 1. The summed E-state index contributed by atoms with van der Waals surface area (Å²) in [7, 11) is 0. The highest BCUT2D eigenvalue weighted by Crippen LogP contribution is 2.32. The fourth-order valence-electron chi connectivity index (χ4n) is 2.66. The van der Waals surface area contributed by atoms with Gasteiger partial charge in [0.2, 0.25) is 11.8 Å². The second-order valence-electron chi connectivity index (χ2n) is 5.96. The minimum absolute atomic E-state index is 0.0466. The predicted molar refractivity (Wildman–Crippen MR) is 96.4 cm³/mol. The Morgan fingerprint density at radius 2 is 2.04 bits per heavy atom. The molecule has 1 fully saturated rings. The van der Waals surface area contributed by atoms with E-state index in [2.05, 4.69) is 10.6 Å². The van der Waals surface area contributed by atoms with Crippen molar-refractivity contribution in [1.29, 1.82) is 0 Å². The Balaban J connectivity index is 1.41. The Labute approximate surface area is 155 Å². The van der Waals surface area contributed by atoms with Crippen LogP contribution in [-0.4, -0.2) is 60.6 Å². The molecule has 1 aromatic rings. The van der Waals surface area contributed by atoms with Gasteiger partial charge >= 0.3 is 0 Å². The van der Waals surface area contributed by atoms with Gasteiger partial charge in [-0.05, 0) is 24.6 Å². The first kappa shape index (κ1) is 18.5. The summed E-state index contributed by atoms with van der Waals surface area (Å²) in [5.74, 6) is 1.22. The smallest absolute Gasteiger partial charge is 0.288 e. The number of hydrogen-bond donors (Lipinski definition) is 2. The largest absolute Gasteiger partial charge is 0.486 e. The number of rotatable bonds is 7. The van der Waals surface area contributed by atoms with Gasteiger partial charge < -0.3 is 20.1 Å². The highest BCUT2D eigenvalue weighted by molar-refractivity contribution is 8.14. The molecule has 3 amide bonds. The topological polar surface area (TPSA) is 97.0 Å². The summed E-state index contributed by atoms with van der Waals surface area (Å²) in [5.41, 5.74) is 0.993. The van der Waals surface area contributed by atoms with Crippen molar-refractivity contribution < 1.29 is 23.9 Å². The Bertz CT molecular complexity index is 696. The fraction of sp³-hybridized carbons (Fsp3) is 0.471. The Hall–Kier alpha value is -2.26. The lowest BCUT2D eigenvalue weighted by molar-refractivity contribution is -0.125. The van der Waals surface area contributed by atoms with Gasteiger partial charge in [0.05, 0.1) is 12.3 Å². The first-order valence-corrected chi connectivity index (χ1v) is 9.40. The van der Waals surface area contributed by atoms with Crippen LogP contribution in [0.1, 0.15) is 18.5 Å². The lowest BCUT2D eigenvalue weighted by Gasteiger charge is -2.21. The van der Waals surface area contributed by atoms with Crippen molar-refractivity contribution in [2.24, 2.45) is 0 Å². The van der Waals surface area contributed by atoms with E-state index in [4.69, 9.17) is 9.47 Å². The van der Waals surface area contributed by atoms with E-state index in [-0.39, 0.29) is 48.5 Å². The van der Waals surface area contributed by atoms with Gasteiger partial charge in [-0.1, -0.05) is 17.8 Å². The van der Waals surface area contributed by atoms with Gasteiger partial charge in [-0.15, -0.1) is 0 Å². The van der Waals surface area contributed by atoms with Gasteiger partial charge in [0.15, 0.2) is 11.5 Å². The molecule has 0 saturated carbocycles. The highest BCUT2D eigenvalue weighted by Gasteiger charge is 2.29. The number of nitrogens with zero attached hydrogens (tertiary/aromatic N) is 1. The second kappa shape index (κ2) is 8.41. The number of amides is 3. The van der Waals surface area contributed by atoms with Crippen LogP contribution in [0.15, 0.2) is 18.2 Å². The number of carbonyl (C=O) groups is 3. The fourth-order valence-corrected chi connectivity index (χ4v) is 3.41. The highest BCUT2D eigenvalue weighted by atomic mass is 32.2. The molecule has 2 N–H and O–H groups in total. The average molecular weight is 379 g/mol. The third-order valence-electron chi connectivity index (χ3n) is 4.13. The molecule has 1 atom stereocenters. The second-order valence-corrected chi connectivity index (χ2v) is 6.88. The van der Waals surface area contributed by atoms with Crippen molar-refractivity contribution in [2.75, 3.05) is 38.6 Å². The molecule has 0 radical (unpaired) electrons. The third-order valence-corrected chi connectivity index (χ3v) is 4.99. The number of benzene rings is 1. The van der Waals surface area contributed by atoms with Crippen LogP contribution < -0.4 is 20.1 Å². The van der Waals surface area contributed by atoms with Crippen molar-refractivity contribution in [3.8, 4) is 11.5 Å². The number of imide groups is 1. The number of carbonyl (C=O) groups excluding carboxylic acids is 3. The van der Waals surface area contributed by atoms with Crippen molar-refractivity contribution in [3.05, 3.63) is 23.8 Å². The molecule has 0 bridgehead atoms. The molecule has 1 aromatic carbocycles. The van der Waals surface area contributed by atoms with Crippen LogP contribution in [0.5, 0.6) is 11.5 Å². The van der Waals surface area contributed by atoms with Crippen LogP contribution in [-0.2, 0) is 9.59 Å². The lowest BCUT2D eigenvalue weighted by Crippen LogP contribution is -2.40. The molecule has 9 heteroatoms. The van der Waals surface area contributed by atoms with Crippen LogP contribution in [0.2, 0.25) is 0 Å². The minimum Gasteiger partial charge on any atom is -0.486 e. The maximum absolute atomic E-state index is 11.9. The monoisotopic (exact) mass is 379 g/mol. The molecular formula is C17H21N3O5S. The Morgan fingerprint density at radius 1 is 1.27 bits per heavy atom. The molecule has 3 rings (SSSR count). The lowest BCUT2D eigenvalue weighted by atomic mass is 10.1. The maximum Gasteiger partial charge on any atom is 0.288 e. The minimum atomic E-state index is -0.255. The first-order valence-electron chi connectivity index (χ1n) is 8.41. The van der Waals surface area contributed by atoms with Crippen molar-refractivity contribution >= 4 is 28.8 Å². The van der Waals surface area contributed by atoms with Gasteiger partial charge in [-0.25, -0.2) is 0 Å². The normalized spacial score (nSPS) is 17.3. The van der Waals surface area contributed by atoms with Crippen LogP contribution in [0, 0.1) is 0 Å². The van der Waals surface area contributed by atoms with Gasteiger partial charge in [0.25, 0.3) is 5.24 Å². The van der Waals surface area contributed by atoms with Crippen molar-refractivity contribution in [1.82, 2.24) is 15.5 Å². The van der Waals surface area contributed by atoms with Crippen LogP contribution >= 0.6 is 11.8 Å². The van der Waals surface area contributed by atoms with E-state index in [0.717, 1.165) is 28.0 Å². The van der Waals surface area contributed by atoms with Gasteiger partial charge in [0, 0.05) is 19.1 Å². The van der Waals surface area contributed by atoms with Gasteiger partial charge in [-0.3, -0.25) is 19.3 Å². The van der Waals surface area contributed by atoms with E-state index in [1.165, 1.54) is 0 Å². The molecule has 2 aliphatic heterocycles. The zero-order valence-electron chi connectivity index (χ0n) is 14.4. The molecular weight excluding hydrogens is 358 g/mol. The molecule has 2 heterocycles. The zero-order valence-corrected chi connectivity index (χ0v) is 15.3. The summed E-state index contributed by atoms with van der Waals surface area (Å²) >= 11 is 0.987. The number of nitrogens with one attached hydrogen (secondary N) is 2. The first-order chi connectivity index (χ1) is 12.5. The summed E-state index contributed by atoms with van der Waals surface area (Å²) in [4.78, 5) is 36.0. The van der Waals surface area contributed by atoms with E-state index in [0.29, 0.717) is 19.0 Å². The quantitative estimate of drug-likeness (QED) is 0.727. The van der Waals surface area contributed by atoms with Crippen molar-refractivity contribution in [3.63, 3.8) is 0 Å². The number of ether oxygens (including phenoxy) is 2. The standard InChI is InChI=1S/C17H21N3O5S/c1-11(12-2-3-13-14(8-12)25-7-6-24-13)19-9-15(21)18-4-5-20-16(22)10-26-17(20)23/h2-3,8,11,19H,4-7,9-10H2,1H3,(H,18,21)/t11-/m1/s1. The van der Waals surface area contributed by atoms with Crippen LogP contribution in [0.25, 0.3) is 0 Å². The third kappa shape index (κ3) is 4.47. The van der Waals surface area contributed by atoms with E-state index >= 15 is 0 Å². The van der Waals surface area contributed by atoms with E-state index in [1.807, 2.05) is 25.1 Å². The predicted octanol–water partition coefficient (Wildman–Crippen LogP) is 0.920. The molecule has 26 heavy (non-hydrogen) atoms. The molecule has 0 spiro atoms. The summed E-state index contributed by atoms with van der Waals surface area (Å²) in [6, 6.07) is 5.66. The number of hydrogen-bond acceptors (Lipinski definition) is 7. The molecule has 140 valence electrons. The zero-order chi connectivity index (χ0) is 18.5. The van der Waals surface area contributed by atoms with Crippen molar-refractivity contribution in [2.45, 2.75) is 13.0 Å². The van der Waals surface area contributed by atoms with Crippen LogP contribution in [0.3, 0.4) is 0 Å². The van der Waals surface area contributed by atoms with E-state index < -0.39 is 0 Å². The SMILES string of the molecule is C[C@@H](NCC(=O)NCCN1C(=O)CSC1=O)c1ccc2c(c1)OCCO2. The summed E-state index contributed by atoms with van der Waals surface area (Å²) in [5, 5.41) is 5.59. The number of fused-ring (bicyclic) bond motifs is 1. The van der Waals surface area contributed by atoms with Gasteiger partial charge in [0.1, 0.15) is 13.2 Å². The molecule has 0 aliphatic carbocycles. The average Bonchev–Trinajstić information content (AvgIpc) is 2.97. The maximum atomic E-state index is 11.9. The van der Waals surface area contributed by atoms with Crippen LogP contribution in [0.4, 0.5) is 4.79 Å². The van der Waals surface area contributed by atoms with E-state index in [1.54, 1.807) is 0 Å². The summed E-state index contributed by atoms with van der Waals surface area (Å²) in [6.07, 6.45) is 0. The molecule has 8 nitrogen and oxygen atoms in total. The summed E-state index contributed by atoms with van der Waals surface area (Å²) < 4.78 is 11.1. The Kier molecular flexibility index (Phi) is 6.00.